The predicted octanol–water partition coefficient (Wildman–Crippen LogP) is 1.75. The van der Waals surface area contributed by atoms with Gasteiger partial charge in [-0.1, -0.05) is 18.2 Å². The molecule has 0 saturated carbocycles. The van der Waals surface area contributed by atoms with Gasteiger partial charge in [0.2, 0.25) is 0 Å². The number of rotatable bonds is 3. The van der Waals surface area contributed by atoms with Crippen molar-refractivity contribution in [1.29, 1.82) is 0 Å². The Morgan fingerprint density at radius 1 is 1.10 bits per heavy atom. The molecular weight excluding hydrogens is 260 g/mol. The molecule has 0 aliphatic carbocycles. The first-order chi connectivity index (χ1) is 9.58. The monoisotopic (exact) mass is 274 g/mol. The number of aromatic nitrogens is 2. The van der Waals surface area contributed by atoms with Crippen molar-refractivity contribution >= 4 is 11.9 Å². The van der Waals surface area contributed by atoms with Crippen molar-refractivity contribution in [2.75, 3.05) is 14.2 Å². The molecule has 0 bridgehead atoms. The smallest absolute Gasteiger partial charge is 0.359 e. The van der Waals surface area contributed by atoms with Crippen LogP contribution < -0.4 is 0 Å². The maximum Gasteiger partial charge on any atom is 0.359 e. The Morgan fingerprint density at radius 3 is 2.35 bits per heavy atom. The number of para-hydroxylation sites is 1. The fraction of sp³-hybridized carbons (Fsp3) is 0.214. The Labute approximate surface area is 115 Å². The number of aryl methyl sites for hydroxylation is 1. The molecule has 2 aromatic rings. The molecule has 0 N–H and O–H groups in total. The number of hydrogen-bond acceptors (Lipinski definition) is 5. The van der Waals surface area contributed by atoms with Crippen LogP contribution in [0.4, 0.5) is 0 Å². The van der Waals surface area contributed by atoms with Gasteiger partial charge in [0.15, 0.2) is 5.69 Å². The summed E-state index contributed by atoms with van der Waals surface area (Å²) in [5, 5.41) is 4.12. The van der Waals surface area contributed by atoms with E-state index in [2.05, 4.69) is 14.6 Å². The number of benzene rings is 1. The number of nitrogens with zero attached hydrogens (tertiary/aromatic N) is 2. The minimum Gasteiger partial charge on any atom is -0.465 e. The summed E-state index contributed by atoms with van der Waals surface area (Å²) in [4.78, 5) is 23.4. The molecule has 0 spiro atoms. The quantitative estimate of drug-likeness (QED) is 0.797. The lowest BCUT2D eigenvalue weighted by Crippen LogP contribution is -2.10. The van der Waals surface area contributed by atoms with Gasteiger partial charge in [-0.15, -0.1) is 0 Å². The van der Waals surface area contributed by atoms with E-state index in [-0.39, 0.29) is 11.3 Å². The van der Waals surface area contributed by atoms with Crippen LogP contribution in [0, 0.1) is 6.92 Å². The van der Waals surface area contributed by atoms with Gasteiger partial charge in [0.25, 0.3) is 0 Å². The molecule has 0 atom stereocenters. The highest BCUT2D eigenvalue weighted by Gasteiger charge is 2.24. The van der Waals surface area contributed by atoms with Gasteiger partial charge in [0.1, 0.15) is 5.56 Å². The highest BCUT2D eigenvalue weighted by atomic mass is 16.5. The summed E-state index contributed by atoms with van der Waals surface area (Å²) in [6, 6.07) is 7.49. The van der Waals surface area contributed by atoms with Gasteiger partial charge >= 0.3 is 11.9 Å². The summed E-state index contributed by atoms with van der Waals surface area (Å²) in [5.41, 5.74) is 1.74. The number of ether oxygens (including phenoxy) is 2. The first-order valence-corrected chi connectivity index (χ1v) is 5.90. The van der Waals surface area contributed by atoms with E-state index < -0.39 is 11.9 Å². The van der Waals surface area contributed by atoms with Crippen molar-refractivity contribution in [1.82, 2.24) is 9.78 Å². The maximum absolute atomic E-state index is 11.7. The van der Waals surface area contributed by atoms with Gasteiger partial charge in [0.05, 0.1) is 19.9 Å². The third kappa shape index (κ3) is 2.40. The predicted molar refractivity (Wildman–Crippen MR) is 71.0 cm³/mol. The molecule has 0 radical (unpaired) electrons. The zero-order valence-electron chi connectivity index (χ0n) is 11.4. The van der Waals surface area contributed by atoms with Gasteiger partial charge in [-0.2, -0.15) is 5.10 Å². The molecule has 0 saturated heterocycles. The molecule has 20 heavy (non-hydrogen) atoms. The van der Waals surface area contributed by atoms with Crippen LogP contribution in [0.5, 0.6) is 0 Å². The summed E-state index contributed by atoms with van der Waals surface area (Å²) >= 11 is 0. The SMILES string of the molecule is COC(=O)c1cn(-c2ccccc2C)nc1C(=O)OC. The number of hydrogen-bond donors (Lipinski definition) is 0. The van der Waals surface area contributed by atoms with E-state index in [0.29, 0.717) is 0 Å². The molecule has 1 aromatic heterocycles. The first-order valence-electron chi connectivity index (χ1n) is 5.90. The highest BCUT2D eigenvalue weighted by Crippen LogP contribution is 2.17. The zero-order chi connectivity index (χ0) is 14.7. The van der Waals surface area contributed by atoms with Crippen molar-refractivity contribution in [3.05, 3.63) is 47.3 Å². The van der Waals surface area contributed by atoms with E-state index in [4.69, 9.17) is 0 Å². The van der Waals surface area contributed by atoms with Gasteiger partial charge < -0.3 is 9.47 Å². The van der Waals surface area contributed by atoms with E-state index in [1.165, 1.54) is 25.1 Å². The van der Waals surface area contributed by atoms with E-state index in [1.54, 1.807) is 0 Å². The zero-order valence-corrected chi connectivity index (χ0v) is 11.4. The lowest BCUT2D eigenvalue weighted by atomic mass is 10.2. The fourth-order valence-electron chi connectivity index (χ4n) is 1.82. The Hall–Kier alpha value is -2.63. The number of esters is 2. The first kappa shape index (κ1) is 13.8. The highest BCUT2D eigenvalue weighted by molar-refractivity contribution is 6.01. The molecule has 1 heterocycles. The number of methoxy groups -OCH3 is 2. The molecule has 1 aromatic carbocycles. The van der Waals surface area contributed by atoms with Crippen molar-refractivity contribution < 1.29 is 19.1 Å². The number of carbonyl (C=O) groups is 2. The molecule has 104 valence electrons. The van der Waals surface area contributed by atoms with Crippen LogP contribution in [0.25, 0.3) is 5.69 Å². The Balaban J connectivity index is 2.57. The van der Waals surface area contributed by atoms with Gasteiger partial charge in [-0.3, -0.25) is 0 Å². The molecule has 0 amide bonds. The van der Waals surface area contributed by atoms with E-state index in [9.17, 15) is 9.59 Å². The molecule has 6 nitrogen and oxygen atoms in total. The van der Waals surface area contributed by atoms with Gasteiger partial charge in [-0.25, -0.2) is 14.3 Å². The summed E-state index contributed by atoms with van der Waals surface area (Å²) in [5.74, 6) is -1.32. The van der Waals surface area contributed by atoms with Crippen LogP contribution in [0.1, 0.15) is 26.4 Å². The van der Waals surface area contributed by atoms with E-state index in [0.717, 1.165) is 11.3 Å². The number of carbonyl (C=O) groups excluding carboxylic acids is 2. The topological polar surface area (TPSA) is 70.4 Å². The van der Waals surface area contributed by atoms with Crippen molar-refractivity contribution in [2.45, 2.75) is 6.92 Å². The summed E-state index contributed by atoms with van der Waals surface area (Å²) in [6.45, 7) is 1.91. The molecule has 0 aliphatic heterocycles. The van der Waals surface area contributed by atoms with Crippen LogP contribution >= 0.6 is 0 Å². The van der Waals surface area contributed by atoms with Crippen LogP contribution in [0.15, 0.2) is 30.5 Å². The molecule has 0 fully saturated rings. The van der Waals surface area contributed by atoms with Crippen LogP contribution in [-0.2, 0) is 9.47 Å². The molecule has 0 aliphatic rings. The van der Waals surface area contributed by atoms with Crippen molar-refractivity contribution in [2.24, 2.45) is 0 Å². The fourth-order valence-corrected chi connectivity index (χ4v) is 1.82. The van der Waals surface area contributed by atoms with Crippen LogP contribution in [-0.4, -0.2) is 35.9 Å². The second-order valence-electron chi connectivity index (χ2n) is 4.11. The van der Waals surface area contributed by atoms with E-state index in [1.807, 2.05) is 31.2 Å². The largest absolute Gasteiger partial charge is 0.465 e. The van der Waals surface area contributed by atoms with Crippen molar-refractivity contribution in [3.63, 3.8) is 0 Å². The lowest BCUT2D eigenvalue weighted by molar-refractivity contribution is 0.0552. The second-order valence-corrected chi connectivity index (χ2v) is 4.11. The van der Waals surface area contributed by atoms with Crippen LogP contribution in [0.3, 0.4) is 0 Å². The molecule has 2 rings (SSSR count). The molecular formula is C14H14N2O4. The maximum atomic E-state index is 11.7. The Kier molecular flexibility index (Phi) is 3.84. The normalized spacial score (nSPS) is 10.2. The third-order valence-electron chi connectivity index (χ3n) is 2.86. The van der Waals surface area contributed by atoms with Crippen molar-refractivity contribution in [3.8, 4) is 5.69 Å². The summed E-state index contributed by atoms with van der Waals surface area (Å²) in [7, 11) is 2.48. The van der Waals surface area contributed by atoms with Gasteiger partial charge in [-0.05, 0) is 18.6 Å². The van der Waals surface area contributed by atoms with Crippen LogP contribution in [0.2, 0.25) is 0 Å². The molecule has 0 unspecified atom stereocenters. The summed E-state index contributed by atoms with van der Waals surface area (Å²) in [6.07, 6.45) is 1.46. The van der Waals surface area contributed by atoms with Gasteiger partial charge in [0, 0.05) is 6.20 Å². The third-order valence-corrected chi connectivity index (χ3v) is 2.86. The molecule has 6 heteroatoms. The minimum absolute atomic E-state index is 0.0670. The second kappa shape index (κ2) is 5.56. The Morgan fingerprint density at radius 2 is 1.75 bits per heavy atom. The minimum atomic E-state index is -0.683. The average molecular weight is 274 g/mol. The lowest BCUT2D eigenvalue weighted by Gasteiger charge is -2.04. The van der Waals surface area contributed by atoms with E-state index >= 15 is 0 Å². The standard InChI is InChI=1S/C14H14N2O4/c1-9-6-4-5-7-11(9)16-8-10(13(17)19-2)12(15-16)14(18)20-3/h4-8H,1-3H3. The average Bonchev–Trinajstić information content (AvgIpc) is 2.91. The Bertz CT molecular complexity index is 627. The summed E-state index contributed by atoms with van der Waals surface area (Å²) < 4.78 is 10.7.